The summed E-state index contributed by atoms with van der Waals surface area (Å²) in [4.78, 5) is 12.6. The quantitative estimate of drug-likeness (QED) is 0.588. The Bertz CT molecular complexity index is 1130. The van der Waals surface area contributed by atoms with Crippen LogP contribution in [0.5, 0.6) is 0 Å². The minimum Gasteiger partial charge on any atom is -0.352 e. The fourth-order valence-electron chi connectivity index (χ4n) is 2.95. The molecule has 0 saturated heterocycles. The van der Waals surface area contributed by atoms with Crippen molar-refractivity contribution in [1.82, 2.24) is 5.32 Å². The first-order valence-corrected chi connectivity index (χ1v) is 11.3. The molecule has 0 aliphatic rings. The lowest BCUT2D eigenvalue weighted by Crippen LogP contribution is -2.28. The summed E-state index contributed by atoms with van der Waals surface area (Å²) in [7, 11) is -2.27. The average Bonchev–Trinajstić information content (AvgIpc) is 2.74. The molecule has 0 heterocycles. The molecule has 0 radical (unpaired) electrons. The van der Waals surface area contributed by atoms with Crippen molar-refractivity contribution in [2.45, 2.75) is 18.2 Å². The molecule has 3 aromatic rings. The highest BCUT2D eigenvalue weighted by molar-refractivity contribution is 7.92. The third kappa shape index (κ3) is 5.01. The number of nitrogens with zero attached hydrogens (tertiary/aromatic N) is 1. The van der Waals surface area contributed by atoms with E-state index in [0.717, 1.165) is 15.4 Å². The van der Waals surface area contributed by atoms with E-state index in [1.54, 1.807) is 30.3 Å². The Labute approximate surface area is 182 Å². The number of benzene rings is 3. The Hall–Kier alpha value is -2.83. The van der Waals surface area contributed by atoms with Gasteiger partial charge in [0.05, 0.1) is 21.2 Å². The zero-order valence-corrected chi connectivity index (χ0v) is 18.4. The normalized spacial score (nSPS) is 11.2. The molecule has 0 aliphatic carbocycles. The topological polar surface area (TPSA) is 66.5 Å². The molecule has 3 aromatic carbocycles. The fourth-order valence-corrected chi connectivity index (χ4v) is 4.40. The van der Waals surface area contributed by atoms with Crippen LogP contribution in [0.25, 0.3) is 0 Å². The van der Waals surface area contributed by atoms with Crippen LogP contribution in [0.3, 0.4) is 0 Å². The van der Waals surface area contributed by atoms with Gasteiger partial charge >= 0.3 is 0 Å². The maximum atomic E-state index is 12.9. The lowest BCUT2D eigenvalue weighted by atomic mass is 10.1. The van der Waals surface area contributed by atoms with Crippen LogP contribution >= 0.6 is 11.6 Å². The number of rotatable bonds is 7. The molecule has 0 bridgehead atoms. The third-order valence-electron chi connectivity index (χ3n) is 4.78. The SMILES string of the molecule is Cc1ccc(S(=O)(=O)N(C)c2ccc(C(=O)NCCc3ccccc3)c(Cl)c2)cc1. The van der Waals surface area contributed by atoms with E-state index in [0.29, 0.717) is 24.2 Å². The van der Waals surface area contributed by atoms with Gasteiger partial charge in [-0.25, -0.2) is 8.42 Å². The first-order valence-electron chi connectivity index (χ1n) is 9.46. The minimum absolute atomic E-state index is 0.189. The van der Waals surface area contributed by atoms with Crippen molar-refractivity contribution in [1.29, 1.82) is 0 Å². The largest absolute Gasteiger partial charge is 0.352 e. The van der Waals surface area contributed by atoms with Gasteiger partial charge in [0, 0.05) is 13.6 Å². The fraction of sp³-hybridized carbons (Fsp3) is 0.174. The maximum absolute atomic E-state index is 12.9. The number of nitrogens with one attached hydrogen (secondary N) is 1. The standard InChI is InChI=1S/C23H23ClN2O3S/c1-17-8-11-20(12-9-17)30(28,29)26(2)19-10-13-21(22(24)16-19)23(27)25-15-14-18-6-4-3-5-7-18/h3-13,16H,14-15H2,1-2H3,(H,25,27). The highest BCUT2D eigenvalue weighted by atomic mass is 35.5. The molecule has 0 atom stereocenters. The van der Waals surface area contributed by atoms with E-state index in [9.17, 15) is 13.2 Å². The van der Waals surface area contributed by atoms with Crippen LogP contribution in [0.15, 0.2) is 77.7 Å². The van der Waals surface area contributed by atoms with Crippen molar-refractivity contribution in [3.05, 3.63) is 94.5 Å². The van der Waals surface area contributed by atoms with E-state index in [4.69, 9.17) is 11.6 Å². The van der Waals surface area contributed by atoms with Crippen molar-refractivity contribution in [3.63, 3.8) is 0 Å². The first-order chi connectivity index (χ1) is 14.3. The number of amides is 1. The van der Waals surface area contributed by atoms with Gasteiger partial charge in [0.25, 0.3) is 15.9 Å². The van der Waals surface area contributed by atoms with E-state index in [1.165, 1.54) is 19.2 Å². The van der Waals surface area contributed by atoms with Crippen molar-refractivity contribution in [3.8, 4) is 0 Å². The molecular formula is C23H23ClN2O3S. The summed E-state index contributed by atoms with van der Waals surface area (Å²) in [6.45, 7) is 2.37. The predicted molar refractivity (Wildman–Crippen MR) is 121 cm³/mol. The smallest absolute Gasteiger partial charge is 0.264 e. The highest BCUT2D eigenvalue weighted by Crippen LogP contribution is 2.27. The van der Waals surface area contributed by atoms with Gasteiger partial charge in [-0.3, -0.25) is 9.10 Å². The van der Waals surface area contributed by atoms with E-state index < -0.39 is 10.0 Å². The van der Waals surface area contributed by atoms with Crippen molar-refractivity contribution in [2.75, 3.05) is 17.9 Å². The summed E-state index contributed by atoms with van der Waals surface area (Å²) in [5.41, 5.74) is 2.78. The van der Waals surface area contributed by atoms with Crippen LogP contribution in [-0.2, 0) is 16.4 Å². The molecule has 0 aliphatic heterocycles. The van der Waals surface area contributed by atoms with E-state index >= 15 is 0 Å². The monoisotopic (exact) mass is 442 g/mol. The second kappa shape index (κ2) is 9.32. The molecule has 0 spiro atoms. The summed E-state index contributed by atoms with van der Waals surface area (Å²) in [6, 6.07) is 21.1. The summed E-state index contributed by atoms with van der Waals surface area (Å²) < 4.78 is 26.9. The Kier molecular flexibility index (Phi) is 6.80. The molecule has 30 heavy (non-hydrogen) atoms. The second-order valence-electron chi connectivity index (χ2n) is 6.94. The van der Waals surface area contributed by atoms with Gasteiger partial charge in [-0.1, -0.05) is 59.6 Å². The van der Waals surface area contributed by atoms with Gasteiger partial charge < -0.3 is 5.32 Å². The molecule has 5 nitrogen and oxygen atoms in total. The average molecular weight is 443 g/mol. The number of halogens is 1. The van der Waals surface area contributed by atoms with Gasteiger partial charge in [0.15, 0.2) is 0 Å². The van der Waals surface area contributed by atoms with Crippen molar-refractivity contribution < 1.29 is 13.2 Å². The van der Waals surface area contributed by atoms with Gasteiger partial charge in [-0.2, -0.15) is 0 Å². The van der Waals surface area contributed by atoms with Crippen molar-refractivity contribution in [2.24, 2.45) is 0 Å². The number of anilines is 1. The summed E-state index contributed by atoms with van der Waals surface area (Å²) in [5.74, 6) is -0.300. The van der Waals surface area contributed by atoms with Gasteiger partial charge in [-0.15, -0.1) is 0 Å². The highest BCUT2D eigenvalue weighted by Gasteiger charge is 2.22. The lowest BCUT2D eigenvalue weighted by Gasteiger charge is -2.20. The Balaban J connectivity index is 1.71. The minimum atomic E-state index is -3.73. The van der Waals surface area contributed by atoms with Crippen LogP contribution < -0.4 is 9.62 Å². The molecule has 0 aromatic heterocycles. The molecule has 0 unspecified atom stereocenters. The summed E-state index contributed by atoms with van der Waals surface area (Å²) in [6.07, 6.45) is 0.708. The number of hydrogen-bond donors (Lipinski definition) is 1. The van der Waals surface area contributed by atoms with Gasteiger partial charge in [0.1, 0.15) is 0 Å². The predicted octanol–water partition coefficient (Wildman–Crippen LogP) is 4.45. The van der Waals surface area contributed by atoms with Crippen LogP contribution in [0.1, 0.15) is 21.5 Å². The van der Waals surface area contributed by atoms with E-state index in [2.05, 4.69) is 5.32 Å². The van der Waals surface area contributed by atoms with Crippen LogP contribution in [0.4, 0.5) is 5.69 Å². The van der Waals surface area contributed by atoms with Crippen LogP contribution in [-0.4, -0.2) is 27.9 Å². The zero-order chi connectivity index (χ0) is 21.7. The van der Waals surface area contributed by atoms with Crippen molar-refractivity contribution >= 4 is 33.2 Å². The van der Waals surface area contributed by atoms with E-state index in [-0.39, 0.29) is 15.8 Å². The molecule has 1 amide bonds. The number of carbonyl (C=O) groups is 1. The molecular weight excluding hydrogens is 420 g/mol. The lowest BCUT2D eigenvalue weighted by molar-refractivity contribution is 0.0954. The summed E-state index contributed by atoms with van der Waals surface area (Å²) in [5, 5.41) is 3.03. The molecule has 7 heteroatoms. The maximum Gasteiger partial charge on any atom is 0.264 e. The second-order valence-corrected chi connectivity index (χ2v) is 9.32. The Morgan fingerprint density at radius 2 is 1.67 bits per heavy atom. The van der Waals surface area contributed by atoms with Crippen LogP contribution in [0, 0.1) is 6.92 Å². The first kappa shape index (κ1) is 21.9. The van der Waals surface area contributed by atoms with Gasteiger partial charge in [0.2, 0.25) is 0 Å². The third-order valence-corrected chi connectivity index (χ3v) is 6.89. The zero-order valence-electron chi connectivity index (χ0n) is 16.8. The summed E-state index contributed by atoms with van der Waals surface area (Å²) >= 11 is 6.30. The molecule has 156 valence electrons. The molecule has 1 N–H and O–H groups in total. The Morgan fingerprint density at radius 3 is 2.30 bits per heavy atom. The number of hydrogen-bond acceptors (Lipinski definition) is 3. The number of carbonyl (C=O) groups excluding carboxylic acids is 1. The molecule has 0 saturated carbocycles. The van der Waals surface area contributed by atoms with Gasteiger partial charge in [-0.05, 0) is 49.2 Å². The van der Waals surface area contributed by atoms with E-state index in [1.807, 2.05) is 37.3 Å². The number of sulfonamides is 1. The number of aryl methyl sites for hydroxylation is 1. The van der Waals surface area contributed by atoms with Crippen LogP contribution in [0.2, 0.25) is 5.02 Å². The molecule has 3 rings (SSSR count). The Morgan fingerprint density at radius 1 is 1.00 bits per heavy atom. The molecule has 0 fully saturated rings.